The van der Waals surface area contributed by atoms with Crippen LogP contribution in [0.5, 0.6) is 0 Å². The van der Waals surface area contributed by atoms with Crippen molar-refractivity contribution < 1.29 is 23.8 Å². The normalized spacial score (nSPS) is 13.4. The lowest BCUT2D eigenvalue weighted by molar-refractivity contribution is -0.162. The van der Waals surface area contributed by atoms with Gasteiger partial charge in [-0.2, -0.15) is 0 Å². The van der Waals surface area contributed by atoms with E-state index in [1.54, 1.807) is 0 Å². The van der Waals surface area contributed by atoms with Gasteiger partial charge in [0.25, 0.3) is 0 Å². The molecule has 5 heteroatoms. The number of unbranched alkanes of at least 4 members (excludes halogenated alkanes) is 14. The Morgan fingerprint density at radius 1 is 0.353 bits per heavy atom. The molecule has 0 N–H and O–H groups in total. The van der Waals surface area contributed by atoms with Crippen LogP contribution in [-0.4, -0.2) is 37.9 Å². The Kier molecular flexibility index (Phi) is 53.6. The number of carbonyl (C=O) groups excluding carboxylic acids is 2. The van der Waals surface area contributed by atoms with Gasteiger partial charge in [0.05, 0.1) is 13.0 Å². The molecule has 0 aromatic carbocycles. The van der Waals surface area contributed by atoms with Crippen LogP contribution in [0.2, 0.25) is 0 Å². The minimum absolute atomic E-state index is 0.0187. The Morgan fingerprint density at radius 2 is 0.706 bits per heavy atom. The molecule has 0 aliphatic rings. The maximum absolute atomic E-state index is 12.8. The highest BCUT2D eigenvalue weighted by Gasteiger charge is 2.17. The Balaban J connectivity index is 4.47. The molecule has 0 aromatic rings. The van der Waals surface area contributed by atoms with Crippen molar-refractivity contribution in [3.05, 3.63) is 146 Å². The molecule has 0 rings (SSSR count). The molecule has 0 radical (unpaired) electrons. The molecule has 5 nitrogen and oxygen atoms in total. The monoisotopic (exact) mass is 937 g/mol. The van der Waals surface area contributed by atoms with Gasteiger partial charge in [0.15, 0.2) is 6.10 Å². The Hall–Kier alpha value is -4.22. The van der Waals surface area contributed by atoms with Crippen molar-refractivity contribution in [3.63, 3.8) is 0 Å². The molecule has 0 aromatic heterocycles. The molecule has 0 amide bonds. The first-order chi connectivity index (χ1) is 33.6. The van der Waals surface area contributed by atoms with Gasteiger partial charge in [0, 0.05) is 13.0 Å². The molecule has 0 fully saturated rings. The molecular weight excluding hydrogens is 837 g/mol. The van der Waals surface area contributed by atoms with Gasteiger partial charge < -0.3 is 14.2 Å². The van der Waals surface area contributed by atoms with Crippen molar-refractivity contribution in [3.8, 4) is 0 Å². The highest BCUT2D eigenvalue weighted by Crippen LogP contribution is 2.11. The van der Waals surface area contributed by atoms with E-state index in [1.807, 2.05) is 12.2 Å². The van der Waals surface area contributed by atoms with Gasteiger partial charge in [-0.05, 0) is 122 Å². The highest BCUT2D eigenvalue weighted by atomic mass is 16.6. The molecule has 0 aliphatic heterocycles. The fourth-order valence-electron chi connectivity index (χ4n) is 6.88. The number of hydrogen-bond donors (Lipinski definition) is 0. The SMILES string of the molecule is CC/C=C\C/C=C\C/C=C\C/C=C\C/C=C\CC(=O)OC(COCCCCCCCCC/C=C\C/C=C\C/C=C\CCCCC)COC(=O)CCCCCC/C=C\C/C=C\C/C=C\C/C=C\CC. The Bertz CT molecular complexity index is 1480. The third kappa shape index (κ3) is 54.4. The van der Waals surface area contributed by atoms with E-state index < -0.39 is 6.10 Å². The molecule has 0 saturated carbocycles. The second-order valence-corrected chi connectivity index (χ2v) is 17.4. The molecule has 68 heavy (non-hydrogen) atoms. The minimum atomic E-state index is -0.618. The van der Waals surface area contributed by atoms with E-state index in [2.05, 4.69) is 154 Å². The van der Waals surface area contributed by atoms with Crippen LogP contribution >= 0.6 is 0 Å². The van der Waals surface area contributed by atoms with Gasteiger partial charge in [-0.25, -0.2) is 0 Å². The largest absolute Gasteiger partial charge is 0.462 e. The van der Waals surface area contributed by atoms with Crippen molar-refractivity contribution in [1.29, 1.82) is 0 Å². The molecule has 1 unspecified atom stereocenters. The van der Waals surface area contributed by atoms with Gasteiger partial charge in [-0.3, -0.25) is 9.59 Å². The van der Waals surface area contributed by atoms with Crippen molar-refractivity contribution in [2.75, 3.05) is 19.8 Å². The van der Waals surface area contributed by atoms with Gasteiger partial charge >= 0.3 is 11.9 Å². The fraction of sp³-hybridized carbons (Fsp3) is 0.587. The zero-order chi connectivity index (χ0) is 49.2. The lowest BCUT2D eigenvalue weighted by Gasteiger charge is -2.18. The first-order valence-corrected chi connectivity index (χ1v) is 27.4. The summed E-state index contributed by atoms with van der Waals surface area (Å²) in [5.74, 6) is -0.587. The second-order valence-electron chi connectivity index (χ2n) is 17.4. The minimum Gasteiger partial charge on any atom is -0.462 e. The molecule has 0 heterocycles. The van der Waals surface area contributed by atoms with Crippen LogP contribution in [0.1, 0.15) is 213 Å². The summed E-state index contributed by atoms with van der Waals surface area (Å²) in [5, 5.41) is 0. The van der Waals surface area contributed by atoms with E-state index in [1.165, 1.54) is 57.8 Å². The molecule has 0 saturated heterocycles. The summed E-state index contributed by atoms with van der Waals surface area (Å²) in [5.41, 5.74) is 0. The predicted octanol–water partition coefficient (Wildman–Crippen LogP) is 18.9. The van der Waals surface area contributed by atoms with Crippen LogP contribution in [-0.2, 0) is 23.8 Å². The van der Waals surface area contributed by atoms with Crippen LogP contribution in [0.15, 0.2) is 146 Å². The molecule has 382 valence electrons. The average molecular weight is 937 g/mol. The van der Waals surface area contributed by atoms with Crippen LogP contribution < -0.4 is 0 Å². The smallest absolute Gasteiger partial charge is 0.310 e. The maximum atomic E-state index is 12.8. The zero-order valence-electron chi connectivity index (χ0n) is 43.8. The number of ether oxygens (including phenoxy) is 3. The summed E-state index contributed by atoms with van der Waals surface area (Å²) in [6.07, 6.45) is 83.1. The van der Waals surface area contributed by atoms with E-state index in [-0.39, 0.29) is 31.6 Å². The first-order valence-electron chi connectivity index (χ1n) is 27.4. The van der Waals surface area contributed by atoms with Crippen LogP contribution in [0.25, 0.3) is 0 Å². The van der Waals surface area contributed by atoms with E-state index in [9.17, 15) is 9.59 Å². The summed E-state index contributed by atoms with van der Waals surface area (Å²) in [7, 11) is 0. The van der Waals surface area contributed by atoms with Gasteiger partial charge in [-0.15, -0.1) is 0 Å². The zero-order valence-corrected chi connectivity index (χ0v) is 43.8. The molecular formula is C63H100O5. The maximum Gasteiger partial charge on any atom is 0.310 e. The first kappa shape index (κ1) is 63.8. The summed E-state index contributed by atoms with van der Waals surface area (Å²) in [6.45, 7) is 7.40. The van der Waals surface area contributed by atoms with Gasteiger partial charge in [0.2, 0.25) is 0 Å². The Morgan fingerprint density at radius 3 is 1.13 bits per heavy atom. The number of esters is 2. The van der Waals surface area contributed by atoms with Crippen molar-refractivity contribution in [1.82, 2.24) is 0 Å². The topological polar surface area (TPSA) is 61.8 Å². The second kappa shape index (κ2) is 57.1. The average Bonchev–Trinajstić information content (AvgIpc) is 3.34. The third-order valence-corrected chi connectivity index (χ3v) is 10.9. The van der Waals surface area contributed by atoms with Crippen LogP contribution in [0.4, 0.5) is 0 Å². The highest BCUT2D eigenvalue weighted by molar-refractivity contribution is 5.71. The van der Waals surface area contributed by atoms with Crippen molar-refractivity contribution >= 4 is 11.9 Å². The van der Waals surface area contributed by atoms with E-state index >= 15 is 0 Å². The third-order valence-electron chi connectivity index (χ3n) is 10.9. The summed E-state index contributed by atoms with van der Waals surface area (Å²) < 4.78 is 17.3. The van der Waals surface area contributed by atoms with Crippen molar-refractivity contribution in [2.45, 2.75) is 219 Å². The fourth-order valence-corrected chi connectivity index (χ4v) is 6.88. The number of carbonyl (C=O) groups is 2. The number of allylic oxidation sites excluding steroid dienone is 23. The lowest BCUT2D eigenvalue weighted by atomic mass is 10.1. The summed E-state index contributed by atoms with van der Waals surface area (Å²) in [4.78, 5) is 25.4. The number of rotatable bonds is 48. The van der Waals surface area contributed by atoms with E-state index in [4.69, 9.17) is 14.2 Å². The van der Waals surface area contributed by atoms with Gasteiger partial charge in [-0.1, -0.05) is 224 Å². The summed E-state index contributed by atoms with van der Waals surface area (Å²) in [6, 6.07) is 0. The molecule has 1 atom stereocenters. The quantitative estimate of drug-likeness (QED) is 0.0346. The lowest BCUT2D eigenvalue weighted by Crippen LogP contribution is -2.29. The molecule has 0 aliphatic carbocycles. The predicted molar refractivity (Wildman–Crippen MR) is 297 cm³/mol. The van der Waals surface area contributed by atoms with E-state index in [0.29, 0.717) is 13.0 Å². The van der Waals surface area contributed by atoms with E-state index in [0.717, 1.165) is 122 Å². The standard InChI is InChI=1S/C63H100O5/c1-4-7-10-13-16-19-22-25-28-30-31-32-34-37-40-43-46-49-52-55-58-66-59-61(68-63(65)57-54-51-48-45-42-39-35-27-24-21-18-15-12-9-6-3)60-67-62(64)56-53-50-47-44-41-38-36-33-29-26-23-20-17-14-11-8-5-2/h8-9,11-12,16-21,25-29,31-32,35-36,38,42,45,51,54,61H,4-7,10,13-15,22-24,30,33-34,37,39-41,43-44,46-50,52-53,55-60H2,1-3H3/b11-8-,12-9-,19-16-,20-17-,21-18-,28-25-,29-26-,32-31-,35-27-,38-36-,45-42-,54-51-. The molecule has 0 bridgehead atoms. The van der Waals surface area contributed by atoms with Gasteiger partial charge in [0.1, 0.15) is 6.61 Å². The summed E-state index contributed by atoms with van der Waals surface area (Å²) >= 11 is 0. The molecule has 0 spiro atoms. The van der Waals surface area contributed by atoms with Crippen molar-refractivity contribution in [2.24, 2.45) is 0 Å². The van der Waals surface area contributed by atoms with Crippen LogP contribution in [0.3, 0.4) is 0 Å². The Labute approximate surface area is 419 Å². The van der Waals surface area contributed by atoms with Crippen LogP contribution in [0, 0.1) is 0 Å². The number of hydrogen-bond acceptors (Lipinski definition) is 5.